The molecule has 1 aromatic carbocycles. The van der Waals surface area contributed by atoms with Crippen LogP contribution in [0.5, 0.6) is 0 Å². The molecule has 0 radical (unpaired) electrons. The molecule has 1 N–H and O–H groups in total. The number of nitrogens with one attached hydrogen (secondary N) is 1. The lowest BCUT2D eigenvalue weighted by Crippen LogP contribution is -2.26. The zero-order valence-corrected chi connectivity index (χ0v) is 13.2. The first-order valence-corrected chi connectivity index (χ1v) is 7.92. The second kappa shape index (κ2) is 6.02. The quantitative estimate of drug-likeness (QED) is 0.935. The third-order valence-corrected chi connectivity index (χ3v) is 4.08. The van der Waals surface area contributed by atoms with E-state index in [1.165, 1.54) is 17.0 Å². The topological polar surface area (TPSA) is 37.8 Å². The highest BCUT2D eigenvalue weighted by atomic mass is 79.9. The highest BCUT2D eigenvalue weighted by molar-refractivity contribution is 9.10. The minimum atomic E-state index is 0.857. The van der Waals surface area contributed by atoms with Crippen LogP contribution < -0.4 is 5.32 Å². The van der Waals surface area contributed by atoms with Gasteiger partial charge in [-0.1, -0.05) is 41.4 Å². The number of aryl methyl sites for hydroxylation is 1. The maximum Gasteiger partial charge on any atom is 0.159 e. The largest absolute Gasteiger partial charge is 0.312 e. The van der Waals surface area contributed by atoms with Crippen molar-refractivity contribution in [3.05, 3.63) is 45.7 Å². The maximum atomic E-state index is 4.82. The van der Waals surface area contributed by atoms with Crippen molar-refractivity contribution in [1.82, 2.24) is 15.3 Å². The predicted octanol–water partition coefficient (Wildman–Crippen LogP) is 3.50. The molecule has 2 heterocycles. The van der Waals surface area contributed by atoms with Crippen LogP contribution in [-0.4, -0.2) is 16.5 Å². The molecule has 0 unspecified atom stereocenters. The molecule has 0 spiro atoms. The SMILES string of the molecule is CCCc1nc(-c2cccc(Br)c2)nc2c1CNCC2. The van der Waals surface area contributed by atoms with Gasteiger partial charge in [-0.25, -0.2) is 9.97 Å². The van der Waals surface area contributed by atoms with Gasteiger partial charge in [0, 0.05) is 40.8 Å². The number of benzene rings is 1. The minimum Gasteiger partial charge on any atom is -0.312 e. The van der Waals surface area contributed by atoms with Crippen LogP contribution in [-0.2, 0) is 19.4 Å². The average Bonchev–Trinajstić information content (AvgIpc) is 2.47. The Labute approximate surface area is 128 Å². The Morgan fingerprint density at radius 3 is 3.00 bits per heavy atom. The molecule has 0 atom stereocenters. The molecule has 1 aromatic heterocycles. The summed E-state index contributed by atoms with van der Waals surface area (Å²) < 4.78 is 1.06. The zero-order valence-electron chi connectivity index (χ0n) is 11.6. The van der Waals surface area contributed by atoms with Gasteiger partial charge in [0.15, 0.2) is 5.82 Å². The summed E-state index contributed by atoms with van der Waals surface area (Å²) >= 11 is 3.52. The van der Waals surface area contributed by atoms with E-state index in [1.807, 2.05) is 12.1 Å². The lowest BCUT2D eigenvalue weighted by Gasteiger charge is -2.20. The number of fused-ring (bicyclic) bond motifs is 1. The molecule has 0 bridgehead atoms. The lowest BCUT2D eigenvalue weighted by atomic mass is 10.0. The third-order valence-electron chi connectivity index (χ3n) is 3.59. The summed E-state index contributed by atoms with van der Waals surface area (Å²) in [6.07, 6.45) is 3.13. The Hall–Kier alpha value is -1.26. The molecule has 0 aliphatic carbocycles. The zero-order chi connectivity index (χ0) is 13.9. The second-order valence-corrected chi connectivity index (χ2v) is 6.02. The van der Waals surface area contributed by atoms with E-state index >= 15 is 0 Å². The predicted molar refractivity (Wildman–Crippen MR) is 84.6 cm³/mol. The minimum absolute atomic E-state index is 0.857. The standard InChI is InChI=1S/C16H18BrN3/c1-2-4-14-13-10-18-8-7-15(13)20-16(19-14)11-5-3-6-12(17)9-11/h3,5-6,9,18H,2,4,7-8,10H2,1H3. The van der Waals surface area contributed by atoms with Crippen LogP contribution in [0.4, 0.5) is 0 Å². The molecule has 0 fully saturated rings. The van der Waals surface area contributed by atoms with Crippen molar-refractivity contribution in [2.24, 2.45) is 0 Å². The highest BCUT2D eigenvalue weighted by Crippen LogP contribution is 2.24. The van der Waals surface area contributed by atoms with Crippen LogP contribution in [0.25, 0.3) is 11.4 Å². The summed E-state index contributed by atoms with van der Waals surface area (Å²) in [6.45, 7) is 4.11. The molecule has 2 aromatic rings. The number of aromatic nitrogens is 2. The van der Waals surface area contributed by atoms with E-state index in [9.17, 15) is 0 Å². The summed E-state index contributed by atoms with van der Waals surface area (Å²) in [4.78, 5) is 9.61. The molecule has 1 aliphatic heterocycles. The van der Waals surface area contributed by atoms with Crippen LogP contribution in [0.15, 0.2) is 28.7 Å². The summed E-state index contributed by atoms with van der Waals surface area (Å²) in [6, 6.07) is 8.21. The highest BCUT2D eigenvalue weighted by Gasteiger charge is 2.17. The molecule has 0 saturated heterocycles. The lowest BCUT2D eigenvalue weighted by molar-refractivity contribution is 0.615. The van der Waals surface area contributed by atoms with Crippen molar-refractivity contribution in [1.29, 1.82) is 0 Å². The monoisotopic (exact) mass is 331 g/mol. The van der Waals surface area contributed by atoms with Gasteiger partial charge in [0.05, 0.1) is 5.69 Å². The van der Waals surface area contributed by atoms with Crippen LogP contribution in [0.2, 0.25) is 0 Å². The first kappa shape index (κ1) is 13.7. The number of rotatable bonds is 3. The first-order valence-electron chi connectivity index (χ1n) is 7.13. The van der Waals surface area contributed by atoms with Crippen molar-refractivity contribution in [3.8, 4) is 11.4 Å². The van der Waals surface area contributed by atoms with Gasteiger partial charge in [0.1, 0.15) is 0 Å². The molecular weight excluding hydrogens is 314 g/mol. The smallest absolute Gasteiger partial charge is 0.159 e. The summed E-state index contributed by atoms with van der Waals surface area (Å²) in [5, 5.41) is 3.42. The van der Waals surface area contributed by atoms with Crippen LogP contribution >= 0.6 is 15.9 Å². The number of hydrogen-bond acceptors (Lipinski definition) is 3. The summed E-state index contributed by atoms with van der Waals surface area (Å²) in [5.74, 6) is 0.857. The van der Waals surface area contributed by atoms with E-state index in [1.54, 1.807) is 0 Å². The van der Waals surface area contributed by atoms with Crippen molar-refractivity contribution in [3.63, 3.8) is 0 Å². The van der Waals surface area contributed by atoms with Crippen molar-refractivity contribution in [2.75, 3.05) is 6.54 Å². The van der Waals surface area contributed by atoms with Gasteiger partial charge in [-0.3, -0.25) is 0 Å². The second-order valence-electron chi connectivity index (χ2n) is 5.11. The maximum absolute atomic E-state index is 4.82. The fourth-order valence-electron chi connectivity index (χ4n) is 2.61. The first-order chi connectivity index (χ1) is 9.78. The van der Waals surface area contributed by atoms with Gasteiger partial charge in [-0.05, 0) is 18.6 Å². The van der Waals surface area contributed by atoms with Crippen molar-refractivity contribution in [2.45, 2.75) is 32.7 Å². The molecule has 1 aliphatic rings. The summed E-state index contributed by atoms with van der Waals surface area (Å²) in [5.41, 5.74) is 4.83. The molecule has 20 heavy (non-hydrogen) atoms. The third kappa shape index (κ3) is 2.76. The van der Waals surface area contributed by atoms with Crippen LogP contribution in [0.3, 0.4) is 0 Å². The number of halogens is 1. The molecule has 0 saturated carbocycles. The van der Waals surface area contributed by atoms with Gasteiger partial charge < -0.3 is 5.32 Å². The van der Waals surface area contributed by atoms with Gasteiger partial charge in [-0.15, -0.1) is 0 Å². The fourth-order valence-corrected chi connectivity index (χ4v) is 3.01. The Morgan fingerprint density at radius 1 is 1.30 bits per heavy atom. The Balaban J connectivity index is 2.10. The van der Waals surface area contributed by atoms with Crippen LogP contribution in [0, 0.1) is 0 Å². The van der Waals surface area contributed by atoms with E-state index in [0.29, 0.717) is 0 Å². The van der Waals surface area contributed by atoms with Crippen molar-refractivity contribution >= 4 is 15.9 Å². The van der Waals surface area contributed by atoms with Gasteiger partial charge in [0.25, 0.3) is 0 Å². The van der Waals surface area contributed by atoms with Crippen molar-refractivity contribution < 1.29 is 0 Å². The Kier molecular flexibility index (Phi) is 4.13. The average molecular weight is 332 g/mol. The van der Waals surface area contributed by atoms with Crippen LogP contribution in [0.1, 0.15) is 30.3 Å². The molecule has 3 rings (SSSR count). The van der Waals surface area contributed by atoms with E-state index in [4.69, 9.17) is 9.97 Å². The number of hydrogen-bond donors (Lipinski definition) is 1. The van der Waals surface area contributed by atoms with E-state index in [2.05, 4.69) is 40.3 Å². The Bertz CT molecular complexity index is 625. The molecular formula is C16H18BrN3. The number of nitrogens with zero attached hydrogens (tertiary/aromatic N) is 2. The van der Waals surface area contributed by atoms with Gasteiger partial charge >= 0.3 is 0 Å². The fraction of sp³-hybridized carbons (Fsp3) is 0.375. The van der Waals surface area contributed by atoms with E-state index in [-0.39, 0.29) is 0 Å². The van der Waals surface area contributed by atoms with Gasteiger partial charge in [-0.2, -0.15) is 0 Å². The van der Waals surface area contributed by atoms with E-state index < -0.39 is 0 Å². The van der Waals surface area contributed by atoms with Gasteiger partial charge in [0.2, 0.25) is 0 Å². The molecule has 0 amide bonds. The Morgan fingerprint density at radius 2 is 2.20 bits per heavy atom. The summed E-state index contributed by atoms with van der Waals surface area (Å²) in [7, 11) is 0. The van der Waals surface area contributed by atoms with E-state index in [0.717, 1.165) is 48.2 Å². The normalized spacial score (nSPS) is 14.1. The molecule has 3 nitrogen and oxygen atoms in total. The molecule has 4 heteroatoms. The molecule has 104 valence electrons.